The molecule has 1 aromatic heterocycles. The minimum Gasteiger partial charge on any atom is -0.304 e. The van der Waals surface area contributed by atoms with Gasteiger partial charge in [0.2, 0.25) is 0 Å². The summed E-state index contributed by atoms with van der Waals surface area (Å²) in [7, 11) is 0. The standard InChI is InChI=1S/C9H8Cl2N2O/c1-5(10)6-3-2-4-7-8(6)13(11)9(14)12-7/h2-5H,1H3,(H,12,14). The van der Waals surface area contributed by atoms with Crippen molar-refractivity contribution in [2.75, 3.05) is 0 Å². The minimum absolute atomic E-state index is 0.182. The van der Waals surface area contributed by atoms with Gasteiger partial charge in [0.05, 0.1) is 16.4 Å². The van der Waals surface area contributed by atoms with Crippen molar-refractivity contribution >= 4 is 34.4 Å². The molecule has 1 atom stereocenters. The van der Waals surface area contributed by atoms with Gasteiger partial charge in [-0.2, -0.15) is 0 Å². The molecular formula is C9H8Cl2N2O. The number of rotatable bonds is 1. The van der Waals surface area contributed by atoms with Crippen LogP contribution in [0.4, 0.5) is 0 Å². The van der Waals surface area contributed by atoms with E-state index in [9.17, 15) is 4.79 Å². The summed E-state index contributed by atoms with van der Waals surface area (Å²) in [4.78, 5) is 13.9. The molecule has 0 fully saturated rings. The van der Waals surface area contributed by atoms with Crippen LogP contribution < -0.4 is 5.69 Å². The van der Waals surface area contributed by atoms with Crippen LogP contribution in [-0.2, 0) is 0 Å². The third-order valence-electron chi connectivity index (χ3n) is 2.11. The fourth-order valence-corrected chi connectivity index (χ4v) is 1.88. The van der Waals surface area contributed by atoms with Crippen LogP contribution in [0.2, 0.25) is 0 Å². The van der Waals surface area contributed by atoms with E-state index in [0.29, 0.717) is 11.0 Å². The second-order valence-electron chi connectivity index (χ2n) is 3.07. The number of hydrogen-bond acceptors (Lipinski definition) is 1. The molecule has 0 aliphatic rings. The normalized spacial score (nSPS) is 13.4. The number of fused-ring (bicyclic) bond motifs is 1. The first kappa shape index (κ1) is 9.62. The Morgan fingerprint density at radius 2 is 2.21 bits per heavy atom. The SMILES string of the molecule is CC(Cl)c1cccc2[nH]c(=O)n(Cl)c12. The summed E-state index contributed by atoms with van der Waals surface area (Å²) < 4.78 is 1.06. The molecule has 0 radical (unpaired) electrons. The number of para-hydroxylation sites is 1. The van der Waals surface area contributed by atoms with Crippen LogP contribution in [0.3, 0.4) is 0 Å². The number of benzene rings is 1. The number of hydrogen-bond donors (Lipinski definition) is 1. The summed E-state index contributed by atoms with van der Waals surface area (Å²) in [6, 6.07) is 5.48. The Bertz CT molecular complexity index is 527. The van der Waals surface area contributed by atoms with Crippen LogP contribution in [0.15, 0.2) is 23.0 Å². The molecule has 1 heterocycles. The van der Waals surface area contributed by atoms with Crippen LogP contribution in [0.5, 0.6) is 0 Å². The highest BCUT2D eigenvalue weighted by Gasteiger charge is 2.12. The number of aromatic nitrogens is 2. The second-order valence-corrected chi connectivity index (χ2v) is 4.06. The number of nitrogens with zero attached hydrogens (tertiary/aromatic N) is 1. The first-order chi connectivity index (χ1) is 6.61. The maximum Gasteiger partial charge on any atom is 0.341 e. The van der Waals surface area contributed by atoms with Gasteiger partial charge in [0.15, 0.2) is 0 Å². The fraction of sp³-hybridized carbons (Fsp3) is 0.222. The van der Waals surface area contributed by atoms with E-state index in [2.05, 4.69) is 4.98 Å². The average molecular weight is 231 g/mol. The first-order valence-corrected chi connectivity index (χ1v) is 4.92. The van der Waals surface area contributed by atoms with Gasteiger partial charge >= 0.3 is 5.69 Å². The van der Waals surface area contributed by atoms with Crippen molar-refractivity contribution in [3.63, 3.8) is 0 Å². The molecule has 1 aromatic carbocycles. The topological polar surface area (TPSA) is 37.8 Å². The van der Waals surface area contributed by atoms with E-state index >= 15 is 0 Å². The number of halogens is 2. The molecule has 0 aliphatic heterocycles. The molecule has 0 bridgehead atoms. The largest absolute Gasteiger partial charge is 0.341 e. The van der Waals surface area contributed by atoms with Gasteiger partial charge in [-0.05, 0) is 18.6 Å². The third-order valence-corrected chi connectivity index (χ3v) is 2.67. The first-order valence-electron chi connectivity index (χ1n) is 4.15. The Kier molecular flexibility index (Phi) is 2.29. The summed E-state index contributed by atoms with van der Waals surface area (Å²) >= 11 is 11.8. The van der Waals surface area contributed by atoms with E-state index in [1.807, 2.05) is 19.1 Å². The van der Waals surface area contributed by atoms with E-state index in [-0.39, 0.29) is 11.1 Å². The molecule has 5 heteroatoms. The highest BCUT2D eigenvalue weighted by molar-refractivity contribution is 6.23. The van der Waals surface area contributed by atoms with Crippen LogP contribution in [0.1, 0.15) is 17.9 Å². The summed E-state index contributed by atoms with van der Waals surface area (Å²) in [6.45, 7) is 1.84. The quantitative estimate of drug-likeness (QED) is 0.752. The lowest BCUT2D eigenvalue weighted by Crippen LogP contribution is -2.08. The van der Waals surface area contributed by atoms with Crippen LogP contribution in [0.25, 0.3) is 11.0 Å². The van der Waals surface area contributed by atoms with Gasteiger partial charge in [-0.25, -0.2) is 8.88 Å². The van der Waals surface area contributed by atoms with Gasteiger partial charge in [0, 0.05) is 11.8 Å². The average Bonchev–Trinajstić information content (AvgIpc) is 2.43. The Morgan fingerprint density at radius 3 is 2.86 bits per heavy atom. The van der Waals surface area contributed by atoms with Crippen molar-refractivity contribution < 1.29 is 0 Å². The maximum absolute atomic E-state index is 11.2. The number of aromatic amines is 1. The highest BCUT2D eigenvalue weighted by Crippen LogP contribution is 2.26. The summed E-state index contributed by atoms with van der Waals surface area (Å²) in [5.41, 5.74) is 1.86. The zero-order valence-electron chi connectivity index (χ0n) is 7.42. The van der Waals surface area contributed by atoms with Crippen LogP contribution >= 0.6 is 23.4 Å². The molecule has 2 aromatic rings. The van der Waals surface area contributed by atoms with Crippen molar-refractivity contribution in [1.29, 1.82) is 0 Å². The molecule has 0 saturated heterocycles. The smallest absolute Gasteiger partial charge is 0.304 e. The third kappa shape index (κ3) is 1.33. The molecule has 14 heavy (non-hydrogen) atoms. The number of H-pyrrole nitrogens is 1. The Labute approximate surface area is 90.4 Å². The molecule has 1 unspecified atom stereocenters. The van der Waals surface area contributed by atoms with Gasteiger partial charge in [0.1, 0.15) is 0 Å². The predicted molar refractivity (Wildman–Crippen MR) is 58.1 cm³/mol. The van der Waals surface area contributed by atoms with Gasteiger partial charge in [-0.1, -0.05) is 12.1 Å². The van der Waals surface area contributed by atoms with E-state index in [0.717, 1.165) is 9.65 Å². The summed E-state index contributed by atoms with van der Waals surface area (Å²) in [5, 5.41) is -0.182. The molecule has 2 rings (SSSR count). The lowest BCUT2D eigenvalue weighted by atomic mass is 10.1. The van der Waals surface area contributed by atoms with Crippen molar-refractivity contribution in [2.24, 2.45) is 0 Å². The molecule has 74 valence electrons. The van der Waals surface area contributed by atoms with Crippen molar-refractivity contribution in [1.82, 2.24) is 9.07 Å². The molecule has 0 saturated carbocycles. The number of nitrogens with one attached hydrogen (secondary N) is 1. The van der Waals surface area contributed by atoms with Crippen molar-refractivity contribution in [3.8, 4) is 0 Å². The predicted octanol–water partition coefficient (Wildman–Crippen LogP) is 2.63. The molecule has 1 N–H and O–H groups in total. The Morgan fingerprint density at radius 1 is 1.50 bits per heavy atom. The zero-order valence-corrected chi connectivity index (χ0v) is 8.93. The summed E-state index contributed by atoms with van der Waals surface area (Å²) in [5.74, 6) is 0. The van der Waals surface area contributed by atoms with E-state index < -0.39 is 0 Å². The van der Waals surface area contributed by atoms with Crippen LogP contribution in [-0.4, -0.2) is 9.07 Å². The second kappa shape index (κ2) is 3.33. The monoisotopic (exact) mass is 230 g/mol. The minimum atomic E-state index is -0.341. The van der Waals surface area contributed by atoms with Gasteiger partial charge in [0.25, 0.3) is 0 Å². The number of imidazole rings is 1. The van der Waals surface area contributed by atoms with E-state index in [4.69, 9.17) is 23.4 Å². The van der Waals surface area contributed by atoms with Crippen LogP contribution in [0, 0.1) is 0 Å². The lowest BCUT2D eigenvalue weighted by molar-refractivity contribution is 1.07. The molecule has 3 nitrogen and oxygen atoms in total. The lowest BCUT2D eigenvalue weighted by Gasteiger charge is -2.04. The molecular weight excluding hydrogens is 223 g/mol. The molecule has 0 spiro atoms. The Balaban J connectivity index is 2.91. The summed E-state index contributed by atoms with van der Waals surface area (Å²) in [6.07, 6.45) is 0. The highest BCUT2D eigenvalue weighted by atomic mass is 35.5. The van der Waals surface area contributed by atoms with E-state index in [1.165, 1.54) is 0 Å². The number of alkyl halides is 1. The zero-order chi connectivity index (χ0) is 10.3. The maximum atomic E-state index is 11.2. The van der Waals surface area contributed by atoms with Gasteiger partial charge in [-0.15, -0.1) is 11.6 Å². The fourth-order valence-electron chi connectivity index (χ4n) is 1.47. The van der Waals surface area contributed by atoms with Crippen molar-refractivity contribution in [3.05, 3.63) is 34.2 Å². The van der Waals surface area contributed by atoms with Gasteiger partial charge in [-0.3, -0.25) is 0 Å². The van der Waals surface area contributed by atoms with Gasteiger partial charge < -0.3 is 4.98 Å². The molecule has 0 aliphatic carbocycles. The van der Waals surface area contributed by atoms with E-state index in [1.54, 1.807) is 6.07 Å². The molecule has 0 amide bonds. The Hall–Kier alpha value is -0.930. The van der Waals surface area contributed by atoms with Crippen molar-refractivity contribution in [2.45, 2.75) is 12.3 Å².